The molecule has 2 aromatic heterocycles. The molecule has 0 unspecified atom stereocenters. The Morgan fingerprint density at radius 2 is 1.76 bits per heavy atom. The van der Waals surface area contributed by atoms with Gasteiger partial charge >= 0.3 is 0 Å². The molecule has 4 rings (SSSR count). The van der Waals surface area contributed by atoms with Crippen molar-refractivity contribution >= 4 is 28.8 Å². The number of halogens is 1. The molecule has 0 amide bonds. The van der Waals surface area contributed by atoms with Gasteiger partial charge in [-0.1, -0.05) is 54.1 Å². The number of H-pyrrole nitrogens is 1. The lowest BCUT2D eigenvalue weighted by Crippen LogP contribution is -2.23. The Kier molecular flexibility index (Phi) is 5.18. The third kappa shape index (κ3) is 4.07. The maximum absolute atomic E-state index is 13.0. The molecule has 0 aliphatic carbocycles. The van der Waals surface area contributed by atoms with Gasteiger partial charge in [0.15, 0.2) is 0 Å². The first-order valence-electron chi connectivity index (χ1n) is 8.83. The molecule has 0 bridgehead atoms. The summed E-state index contributed by atoms with van der Waals surface area (Å²) in [5.41, 5.74) is 1.81. The first-order chi connectivity index (χ1) is 14.1. The quantitative estimate of drug-likeness (QED) is 0.424. The van der Waals surface area contributed by atoms with Crippen LogP contribution in [0.5, 0.6) is 0 Å². The molecule has 0 atom stereocenters. The van der Waals surface area contributed by atoms with Crippen LogP contribution in [0, 0.1) is 5.41 Å². The summed E-state index contributed by atoms with van der Waals surface area (Å²) in [6.07, 6.45) is 3.27. The molecule has 0 aliphatic rings. The second-order valence-corrected chi connectivity index (χ2v) is 6.69. The molecule has 0 aliphatic heterocycles. The van der Waals surface area contributed by atoms with E-state index in [-0.39, 0.29) is 17.1 Å². The second kappa shape index (κ2) is 8.08. The molecule has 142 valence electrons. The molecular weight excluding hydrogens is 386 g/mol. The van der Waals surface area contributed by atoms with E-state index in [4.69, 9.17) is 17.0 Å². The highest BCUT2D eigenvalue weighted by Crippen LogP contribution is 2.24. The molecule has 0 fully saturated rings. The van der Waals surface area contributed by atoms with Crippen LogP contribution in [0.25, 0.3) is 11.4 Å². The lowest BCUT2D eigenvalue weighted by atomic mass is 10.0. The Bertz CT molecular complexity index is 1220. The summed E-state index contributed by atoms with van der Waals surface area (Å²) < 4.78 is 0. The topological polar surface area (TPSA) is 94.5 Å². The smallest absolute Gasteiger partial charge is 0.262 e. The Morgan fingerprint density at radius 1 is 1.00 bits per heavy atom. The number of anilines is 2. The number of aromatic nitrogens is 3. The third-order valence-electron chi connectivity index (χ3n) is 4.27. The van der Waals surface area contributed by atoms with Gasteiger partial charge in [-0.05, 0) is 24.3 Å². The van der Waals surface area contributed by atoms with Crippen LogP contribution in [-0.4, -0.2) is 20.7 Å². The van der Waals surface area contributed by atoms with Crippen molar-refractivity contribution in [2.75, 3.05) is 5.32 Å². The molecule has 3 N–H and O–H groups in total. The molecule has 0 saturated heterocycles. The number of hydrogen-bond acceptors (Lipinski definition) is 5. The van der Waals surface area contributed by atoms with Crippen molar-refractivity contribution in [3.8, 4) is 11.4 Å². The average Bonchev–Trinajstić information content (AvgIpc) is 2.74. The Balaban J connectivity index is 1.87. The molecule has 0 radical (unpaired) electrons. The zero-order valence-corrected chi connectivity index (χ0v) is 15.9. The highest BCUT2D eigenvalue weighted by molar-refractivity contribution is 6.30. The van der Waals surface area contributed by atoms with Crippen LogP contribution in [0.1, 0.15) is 11.1 Å². The predicted molar refractivity (Wildman–Crippen MR) is 115 cm³/mol. The predicted octanol–water partition coefficient (Wildman–Crippen LogP) is 4.65. The molecule has 0 spiro atoms. The van der Waals surface area contributed by atoms with Crippen molar-refractivity contribution in [2.45, 2.75) is 0 Å². The normalized spacial score (nSPS) is 10.5. The maximum Gasteiger partial charge on any atom is 0.262 e. The van der Waals surface area contributed by atoms with Gasteiger partial charge in [-0.3, -0.25) is 15.2 Å². The van der Waals surface area contributed by atoms with Gasteiger partial charge in [0.25, 0.3) is 5.56 Å². The van der Waals surface area contributed by atoms with Crippen LogP contribution in [0.15, 0.2) is 83.9 Å². The van der Waals surface area contributed by atoms with Crippen LogP contribution in [0.2, 0.25) is 5.02 Å². The van der Waals surface area contributed by atoms with Gasteiger partial charge < -0.3 is 10.3 Å². The Hall–Kier alpha value is -3.77. The SMILES string of the molecule is N=C(c1ccccc1)c1c(Nc2ccncc2)nc(-c2cccc(Cl)c2)[nH]c1=O. The number of nitrogens with zero attached hydrogens (tertiary/aromatic N) is 2. The van der Waals surface area contributed by atoms with Crippen molar-refractivity contribution in [1.82, 2.24) is 15.0 Å². The molecule has 2 heterocycles. The number of rotatable bonds is 5. The molecule has 6 nitrogen and oxygen atoms in total. The van der Waals surface area contributed by atoms with Gasteiger partial charge in [0.2, 0.25) is 0 Å². The van der Waals surface area contributed by atoms with Crippen molar-refractivity contribution in [3.63, 3.8) is 0 Å². The van der Waals surface area contributed by atoms with Crippen molar-refractivity contribution < 1.29 is 0 Å². The molecular formula is C22H16ClN5O. The number of nitrogens with one attached hydrogen (secondary N) is 3. The van der Waals surface area contributed by atoms with Crippen LogP contribution in [0.3, 0.4) is 0 Å². The van der Waals surface area contributed by atoms with E-state index in [1.54, 1.807) is 54.9 Å². The lowest BCUT2D eigenvalue weighted by molar-refractivity contribution is 1.11. The Morgan fingerprint density at radius 3 is 2.48 bits per heavy atom. The van der Waals surface area contributed by atoms with Gasteiger partial charge in [-0.15, -0.1) is 0 Å². The van der Waals surface area contributed by atoms with E-state index in [2.05, 4.69) is 20.3 Å². The summed E-state index contributed by atoms with van der Waals surface area (Å²) in [7, 11) is 0. The van der Waals surface area contributed by atoms with E-state index in [1.807, 2.05) is 24.3 Å². The minimum atomic E-state index is -0.416. The van der Waals surface area contributed by atoms with Gasteiger partial charge in [0, 0.05) is 34.2 Å². The van der Waals surface area contributed by atoms with E-state index in [9.17, 15) is 4.79 Å². The fourth-order valence-electron chi connectivity index (χ4n) is 2.89. The van der Waals surface area contributed by atoms with Gasteiger partial charge in [0.05, 0.1) is 5.71 Å². The van der Waals surface area contributed by atoms with E-state index < -0.39 is 5.56 Å². The highest BCUT2D eigenvalue weighted by atomic mass is 35.5. The monoisotopic (exact) mass is 401 g/mol. The fourth-order valence-corrected chi connectivity index (χ4v) is 3.08. The minimum absolute atomic E-state index is 0.0774. The summed E-state index contributed by atoms with van der Waals surface area (Å²) >= 11 is 6.09. The summed E-state index contributed by atoms with van der Waals surface area (Å²) in [4.78, 5) is 24.4. The third-order valence-corrected chi connectivity index (χ3v) is 4.51. The summed E-state index contributed by atoms with van der Waals surface area (Å²) in [6, 6.07) is 19.6. The number of pyridine rings is 1. The Labute approximate surface area is 171 Å². The summed E-state index contributed by atoms with van der Waals surface area (Å²) in [5, 5.41) is 12.3. The van der Waals surface area contributed by atoms with Crippen LogP contribution in [-0.2, 0) is 0 Å². The number of aromatic amines is 1. The molecule has 29 heavy (non-hydrogen) atoms. The standard InChI is InChI=1S/C22H16ClN5O/c23-16-8-4-7-15(13-16)20-27-21(26-17-9-11-25-12-10-17)18(22(29)28-20)19(24)14-5-2-1-3-6-14/h1-13,24H,(H2,25,26,27,28,29). The van der Waals surface area contributed by atoms with Crippen molar-refractivity contribution in [2.24, 2.45) is 0 Å². The highest BCUT2D eigenvalue weighted by Gasteiger charge is 2.18. The van der Waals surface area contributed by atoms with E-state index in [0.29, 0.717) is 27.7 Å². The molecule has 2 aromatic carbocycles. The van der Waals surface area contributed by atoms with E-state index in [1.165, 1.54) is 0 Å². The lowest BCUT2D eigenvalue weighted by Gasteiger charge is -2.13. The van der Waals surface area contributed by atoms with Crippen molar-refractivity contribution in [3.05, 3.63) is 106 Å². The largest absolute Gasteiger partial charge is 0.339 e. The number of benzene rings is 2. The number of hydrogen-bond donors (Lipinski definition) is 3. The van der Waals surface area contributed by atoms with Gasteiger partial charge in [-0.25, -0.2) is 4.98 Å². The molecule has 7 heteroatoms. The minimum Gasteiger partial charge on any atom is -0.339 e. The maximum atomic E-state index is 13.0. The van der Waals surface area contributed by atoms with E-state index >= 15 is 0 Å². The molecule has 0 saturated carbocycles. The second-order valence-electron chi connectivity index (χ2n) is 6.25. The zero-order valence-electron chi connectivity index (χ0n) is 15.2. The van der Waals surface area contributed by atoms with Crippen LogP contribution >= 0.6 is 11.6 Å². The van der Waals surface area contributed by atoms with E-state index in [0.717, 1.165) is 0 Å². The fraction of sp³-hybridized carbons (Fsp3) is 0. The van der Waals surface area contributed by atoms with Crippen LogP contribution in [0.4, 0.5) is 11.5 Å². The van der Waals surface area contributed by atoms with Crippen molar-refractivity contribution in [1.29, 1.82) is 5.41 Å². The summed E-state index contributed by atoms with van der Waals surface area (Å²) in [6.45, 7) is 0. The molecule has 4 aromatic rings. The first kappa shape index (κ1) is 18.6. The van der Waals surface area contributed by atoms with Gasteiger partial charge in [0.1, 0.15) is 17.2 Å². The average molecular weight is 402 g/mol. The summed E-state index contributed by atoms with van der Waals surface area (Å²) in [5.74, 6) is 0.641. The van der Waals surface area contributed by atoms with Gasteiger partial charge in [-0.2, -0.15) is 0 Å². The first-order valence-corrected chi connectivity index (χ1v) is 9.21. The van der Waals surface area contributed by atoms with Crippen LogP contribution < -0.4 is 10.9 Å². The zero-order chi connectivity index (χ0) is 20.2.